The number of anilines is 2. The van der Waals surface area contributed by atoms with E-state index in [1.807, 2.05) is 37.3 Å². The Bertz CT molecular complexity index is 1410. The number of rotatable bonds is 5. The van der Waals surface area contributed by atoms with Crippen LogP contribution in [0.4, 0.5) is 11.4 Å². The van der Waals surface area contributed by atoms with Crippen LogP contribution in [-0.4, -0.2) is 22.8 Å². The molecule has 2 N–H and O–H groups in total. The van der Waals surface area contributed by atoms with E-state index >= 15 is 0 Å². The number of benzene rings is 3. The number of hydrogen-bond donors (Lipinski definition) is 2. The molecular formula is C30H27ClN2O4. The van der Waals surface area contributed by atoms with Crippen molar-refractivity contribution < 1.29 is 19.5 Å². The molecule has 0 saturated carbocycles. The summed E-state index contributed by atoms with van der Waals surface area (Å²) < 4.78 is 0. The molecular weight excluding hydrogens is 488 g/mol. The van der Waals surface area contributed by atoms with E-state index < -0.39 is 12.0 Å². The number of aryl methyl sites for hydroxylation is 1. The normalized spacial score (nSPS) is 19.0. The third-order valence-electron chi connectivity index (χ3n) is 7.02. The summed E-state index contributed by atoms with van der Waals surface area (Å²) in [7, 11) is 0. The zero-order valence-corrected chi connectivity index (χ0v) is 21.2. The lowest BCUT2D eigenvalue weighted by atomic mass is 9.78. The Morgan fingerprint density at radius 1 is 0.973 bits per heavy atom. The minimum absolute atomic E-state index is 0.000727. The summed E-state index contributed by atoms with van der Waals surface area (Å²) in [5, 5.41) is 13.2. The van der Waals surface area contributed by atoms with E-state index in [0.29, 0.717) is 40.4 Å². The first-order valence-electron chi connectivity index (χ1n) is 12.3. The summed E-state index contributed by atoms with van der Waals surface area (Å²) in [4.78, 5) is 40.5. The van der Waals surface area contributed by atoms with Gasteiger partial charge in [-0.15, -0.1) is 0 Å². The molecule has 37 heavy (non-hydrogen) atoms. The maximum Gasteiger partial charge on any atom is 0.303 e. The summed E-state index contributed by atoms with van der Waals surface area (Å²) >= 11 is 6.36. The Labute approximate surface area is 220 Å². The molecule has 1 aliphatic carbocycles. The molecule has 7 heteroatoms. The summed E-state index contributed by atoms with van der Waals surface area (Å²) in [6.07, 6.45) is 0.424. The van der Waals surface area contributed by atoms with Gasteiger partial charge in [-0.1, -0.05) is 65.7 Å². The lowest BCUT2D eigenvalue weighted by molar-refractivity contribution is -0.138. The summed E-state index contributed by atoms with van der Waals surface area (Å²) in [6, 6.07) is 22.1. The molecule has 1 heterocycles. The fourth-order valence-electron chi connectivity index (χ4n) is 5.27. The highest BCUT2D eigenvalue weighted by Crippen LogP contribution is 2.47. The van der Waals surface area contributed by atoms with Crippen LogP contribution >= 0.6 is 11.6 Å². The van der Waals surface area contributed by atoms with Crippen molar-refractivity contribution in [2.75, 3.05) is 10.2 Å². The van der Waals surface area contributed by atoms with Gasteiger partial charge in [-0.3, -0.25) is 19.3 Å². The van der Waals surface area contributed by atoms with Crippen LogP contribution in [0.25, 0.3) is 0 Å². The van der Waals surface area contributed by atoms with Crippen LogP contribution in [0, 0.1) is 6.92 Å². The number of carbonyl (C=O) groups excluding carboxylic acids is 2. The standard InChI is InChI=1S/C30H27ClN2O4/c1-18-9-11-19(12-10-18)21-16-24-29(26(34)17-21)30(20-5-4-6-22(31)15-20)33(27(35)13-14-28(36)37)25-8-3-2-7-23(25)32-24/h2-12,15,21,30,32H,13-14,16-17H2,1H3,(H,36,37)/t21-,30+/m0/s1. The van der Waals surface area contributed by atoms with Gasteiger partial charge < -0.3 is 10.4 Å². The first-order chi connectivity index (χ1) is 17.8. The zero-order valence-electron chi connectivity index (χ0n) is 20.4. The highest BCUT2D eigenvalue weighted by Gasteiger charge is 2.41. The Morgan fingerprint density at radius 3 is 2.46 bits per heavy atom. The zero-order chi connectivity index (χ0) is 26.1. The second-order valence-electron chi connectivity index (χ2n) is 9.59. The second-order valence-corrected chi connectivity index (χ2v) is 10.0. The predicted octanol–water partition coefficient (Wildman–Crippen LogP) is 6.41. The molecule has 0 saturated heterocycles. The molecule has 5 rings (SSSR count). The fraction of sp³-hybridized carbons (Fsp3) is 0.233. The van der Waals surface area contributed by atoms with Gasteiger partial charge in [-0.05, 0) is 54.7 Å². The van der Waals surface area contributed by atoms with E-state index in [1.54, 1.807) is 23.1 Å². The number of carbonyl (C=O) groups is 3. The number of hydrogen-bond acceptors (Lipinski definition) is 4. The van der Waals surface area contributed by atoms with Crippen molar-refractivity contribution in [2.24, 2.45) is 0 Å². The second kappa shape index (κ2) is 10.2. The van der Waals surface area contributed by atoms with Crippen molar-refractivity contribution in [2.45, 2.75) is 44.6 Å². The highest BCUT2D eigenvalue weighted by atomic mass is 35.5. The van der Waals surface area contributed by atoms with Crippen molar-refractivity contribution in [3.8, 4) is 0 Å². The average Bonchev–Trinajstić information content (AvgIpc) is 3.02. The molecule has 1 amide bonds. The Hall–Kier alpha value is -3.90. The van der Waals surface area contributed by atoms with Gasteiger partial charge in [0.05, 0.1) is 23.8 Å². The number of nitrogens with one attached hydrogen (secondary N) is 1. The number of amides is 1. The van der Waals surface area contributed by atoms with Crippen LogP contribution in [-0.2, 0) is 14.4 Å². The summed E-state index contributed by atoms with van der Waals surface area (Å²) in [5.41, 5.74) is 5.53. The number of nitrogens with zero attached hydrogens (tertiary/aromatic N) is 1. The molecule has 2 aliphatic rings. The van der Waals surface area contributed by atoms with Crippen molar-refractivity contribution in [3.05, 3.63) is 106 Å². The molecule has 0 aromatic heterocycles. The van der Waals surface area contributed by atoms with Crippen LogP contribution in [0.3, 0.4) is 0 Å². The minimum Gasteiger partial charge on any atom is -0.481 e. The van der Waals surface area contributed by atoms with Crippen LogP contribution in [0.15, 0.2) is 84.1 Å². The SMILES string of the molecule is Cc1ccc([C@@H]2CC(=O)C3=C(C2)Nc2ccccc2N(C(=O)CCC(=O)O)[C@@H]3c2cccc(Cl)c2)cc1. The summed E-state index contributed by atoms with van der Waals surface area (Å²) in [5.74, 6) is -1.47. The van der Waals surface area contributed by atoms with E-state index in [2.05, 4.69) is 29.6 Å². The van der Waals surface area contributed by atoms with Crippen molar-refractivity contribution in [3.63, 3.8) is 0 Å². The number of ketones is 1. The van der Waals surface area contributed by atoms with Gasteiger partial charge in [-0.25, -0.2) is 0 Å². The van der Waals surface area contributed by atoms with Crippen LogP contribution in [0.5, 0.6) is 0 Å². The number of para-hydroxylation sites is 2. The van der Waals surface area contributed by atoms with Gasteiger partial charge in [0.1, 0.15) is 0 Å². The largest absolute Gasteiger partial charge is 0.481 e. The van der Waals surface area contributed by atoms with E-state index in [9.17, 15) is 19.5 Å². The first-order valence-corrected chi connectivity index (χ1v) is 12.7. The maximum absolute atomic E-state index is 13.9. The molecule has 3 aromatic rings. The van der Waals surface area contributed by atoms with Gasteiger partial charge in [-0.2, -0.15) is 0 Å². The molecule has 6 nitrogen and oxygen atoms in total. The van der Waals surface area contributed by atoms with Crippen LogP contribution in [0.1, 0.15) is 54.3 Å². The fourth-order valence-corrected chi connectivity index (χ4v) is 5.46. The number of aliphatic carboxylic acids is 1. The summed E-state index contributed by atoms with van der Waals surface area (Å²) in [6.45, 7) is 2.03. The molecule has 1 aliphatic heterocycles. The quantitative estimate of drug-likeness (QED) is 0.410. The molecule has 3 aromatic carbocycles. The molecule has 0 bridgehead atoms. The molecule has 0 fully saturated rings. The lowest BCUT2D eigenvalue weighted by Crippen LogP contribution is -2.38. The van der Waals surface area contributed by atoms with E-state index in [4.69, 9.17) is 11.6 Å². The van der Waals surface area contributed by atoms with Gasteiger partial charge in [0, 0.05) is 29.1 Å². The molecule has 188 valence electrons. The highest BCUT2D eigenvalue weighted by molar-refractivity contribution is 6.30. The van der Waals surface area contributed by atoms with E-state index in [-0.39, 0.29) is 30.4 Å². The molecule has 2 atom stereocenters. The predicted molar refractivity (Wildman–Crippen MR) is 144 cm³/mol. The maximum atomic E-state index is 13.9. The van der Waals surface area contributed by atoms with E-state index in [1.165, 1.54) is 0 Å². The van der Waals surface area contributed by atoms with Gasteiger partial charge in [0.2, 0.25) is 5.91 Å². The monoisotopic (exact) mass is 514 g/mol. The minimum atomic E-state index is -1.05. The smallest absolute Gasteiger partial charge is 0.303 e. The number of fused-ring (bicyclic) bond motifs is 1. The number of halogens is 1. The number of Topliss-reactive ketones (excluding diaryl/α,β-unsaturated/α-hetero) is 1. The number of carboxylic acids is 1. The molecule has 0 spiro atoms. The average molecular weight is 515 g/mol. The van der Waals surface area contributed by atoms with E-state index in [0.717, 1.165) is 16.8 Å². The van der Waals surface area contributed by atoms with Crippen molar-refractivity contribution in [1.82, 2.24) is 0 Å². The lowest BCUT2D eigenvalue weighted by Gasteiger charge is -2.35. The number of allylic oxidation sites excluding steroid dienone is 1. The van der Waals surface area contributed by atoms with Crippen LogP contribution < -0.4 is 10.2 Å². The third-order valence-corrected chi connectivity index (χ3v) is 7.26. The Kier molecular flexibility index (Phi) is 6.85. The Morgan fingerprint density at radius 2 is 1.73 bits per heavy atom. The molecule has 0 unspecified atom stereocenters. The van der Waals surface area contributed by atoms with Gasteiger partial charge in [0.15, 0.2) is 5.78 Å². The van der Waals surface area contributed by atoms with Crippen molar-refractivity contribution in [1.29, 1.82) is 0 Å². The number of carboxylic acid groups (broad SMARTS) is 1. The van der Waals surface area contributed by atoms with Gasteiger partial charge in [0.25, 0.3) is 0 Å². The van der Waals surface area contributed by atoms with Crippen molar-refractivity contribution >= 4 is 40.6 Å². The van der Waals surface area contributed by atoms with Gasteiger partial charge >= 0.3 is 5.97 Å². The first kappa shape index (κ1) is 24.8. The molecule has 0 radical (unpaired) electrons. The third kappa shape index (κ3) is 5.02. The topological polar surface area (TPSA) is 86.7 Å². The van der Waals surface area contributed by atoms with Crippen LogP contribution in [0.2, 0.25) is 5.02 Å². The Balaban J connectivity index is 1.68.